The highest BCUT2D eigenvalue weighted by atomic mass is 16.3. The molecule has 19 heavy (non-hydrogen) atoms. The molecule has 0 unspecified atom stereocenters. The van der Waals surface area contributed by atoms with Crippen molar-refractivity contribution >= 4 is 11.8 Å². The standard InChI is InChI=1S/C14H20N2O3/c1-2-3-6-16-10-11(8-13(16)17)14(18)15-9-12-5-4-7-19-12/h4-5,7,11H,2-3,6,8-10H2,1H3,(H,15,18)/t11-/m0/s1. The Kier molecular flexibility index (Phi) is 4.60. The largest absolute Gasteiger partial charge is 0.467 e. The summed E-state index contributed by atoms with van der Waals surface area (Å²) in [6.07, 6.45) is 3.95. The van der Waals surface area contributed by atoms with E-state index in [0.717, 1.165) is 25.1 Å². The third kappa shape index (κ3) is 3.59. The zero-order valence-electron chi connectivity index (χ0n) is 11.2. The predicted octanol–water partition coefficient (Wildman–Crippen LogP) is 1.54. The van der Waals surface area contributed by atoms with Crippen molar-refractivity contribution in [2.75, 3.05) is 13.1 Å². The first-order chi connectivity index (χ1) is 9.20. The van der Waals surface area contributed by atoms with Crippen molar-refractivity contribution < 1.29 is 14.0 Å². The third-order valence-electron chi connectivity index (χ3n) is 3.38. The molecule has 1 aromatic heterocycles. The molecular formula is C14H20N2O3. The molecule has 1 fully saturated rings. The van der Waals surface area contributed by atoms with Gasteiger partial charge in [-0.2, -0.15) is 0 Å². The van der Waals surface area contributed by atoms with Crippen molar-refractivity contribution in [2.45, 2.75) is 32.7 Å². The van der Waals surface area contributed by atoms with E-state index in [1.54, 1.807) is 17.2 Å². The molecule has 1 N–H and O–H groups in total. The highest BCUT2D eigenvalue weighted by molar-refractivity contribution is 5.89. The maximum Gasteiger partial charge on any atom is 0.225 e. The Morgan fingerprint density at radius 3 is 3.11 bits per heavy atom. The van der Waals surface area contributed by atoms with Crippen LogP contribution in [0.1, 0.15) is 31.9 Å². The van der Waals surface area contributed by atoms with Gasteiger partial charge in [-0.05, 0) is 18.6 Å². The van der Waals surface area contributed by atoms with Crippen LogP contribution in [-0.2, 0) is 16.1 Å². The van der Waals surface area contributed by atoms with Gasteiger partial charge >= 0.3 is 0 Å². The van der Waals surface area contributed by atoms with Gasteiger partial charge in [0, 0.05) is 19.5 Å². The minimum atomic E-state index is -0.223. The molecule has 5 nitrogen and oxygen atoms in total. The minimum absolute atomic E-state index is 0.0660. The second-order valence-electron chi connectivity index (χ2n) is 4.89. The second kappa shape index (κ2) is 6.41. The van der Waals surface area contributed by atoms with Crippen LogP contribution in [0, 0.1) is 5.92 Å². The van der Waals surface area contributed by atoms with Gasteiger partial charge in [-0.1, -0.05) is 13.3 Å². The average molecular weight is 264 g/mol. The molecule has 104 valence electrons. The molecule has 0 aromatic carbocycles. The molecule has 2 rings (SSSR count). The number of hydrogen-bond acceptors (Lipinski definition) is 3. The highest BCUT2D eigenvalue weighted by Gasteiger charge is 2.33. The van der Waals surface area contributed by atoms with Crippen molar-refractivity contribution in [1.82, 2.24) is 10.2 Å². The molecule has 2 amide bonds. The lowest BCUT2D eigenvalue weighted by molar-refractivity contribution is -0.129. The van der Waals surface area contributed by atoms with Gasteiger partial charge < -0.3 is 14.6 Å². The summed E-state index contributed by atoms with van der Waals surface area (Å²) in [7, 11) is 0. The molecule has 1 saturated heterocycles. The second-order valence-corrected chi connectivity index (χ2v) is 4.89. The van der Waals surface area contributed by atoms with Gasteiger partial charge in [0.15, 0.2) is 0 Å². The minimum Gasteiger partial charge on any atom is -0.467 e. The summed E-state index contributed by atoms with van der Waals surface area (Å²) >= 11 is 0. The van der Waals surface area contributed by atoms with Crippen molar-refractivity contribution in [3.63, 3.8) is 0 Å². The third-order valence-corrected chi connectivity index (χ3v) is 3.38. The topological polar surface area (TPSA) is 62.6 Å². The average Bonchev–Trinajstić information content (AvgIpc) is 3.03. The molecule has 1 atom stereocenters. The summed E-state index contributed by atoms with van der Waals surface area (Å²) in [5.74, 6) is 0.523. The normalized spacial score (nSPS) is 18.9. The Labute approximate surface area is 113 Å². The lowest BCUT2D eigenvalue weighted by atomic mass is 10.1. The fourth-order valence-corrected chi connectivity index (χ4v) is 2.24. The van der Waals surface area contributed by atoms with E-state index in [1.807, 2.05) is 6.07 Å². The summed E-state index contributed by atoms with van der Waals surface area (Å²) in [6, 6.07) is 3.60. The van der Waals surface area contributed by atoms with E-state index < -0.39 is 0 Å². The number of nitrogens with zero attached hydrogens (tertiary/aromatic N) is 1. The van der Waals surface area contributed by atoms with Gasteiger partial charge in [0.1, 0.15) is 5.76 Å². The van der Waals surface area contributed by atoms with E-state index in [2.05, 4.69) is 12.2 Å². The van der Waals surface area contributed by atoms with Crippen LogP contribution in [0.4, 0.5) is 0 Å². The van der Waals surface area contributed by atoms with Gasteiger partial charge in [-0.3, -0.25) is 9.59 Å². The summed E-state index contributed by atoms with van der Waals surface area (Å²) in [4.78, 5) is 25.5. The molecule has 0 bridgehead atoms. The zero-order chi connectivity index (χ0) is 13.7. The Hall–Kier alpha value is -1.78. The fraction of sp³-hybridized carbons (Fsp3) is 0.571. The zero-order valence-corrected chi connectivity index (χ0v) is 11.2. The van der Waals surface area contributed by atoms with E-state index in [-0.39, 0.29) is 17.7 Å². The van der Waals surface area contributed by atoms with Crippen LogP contribution in [0.25, 0.3) is 0 Å². The first-order valence-corrected chi connectivity index (χ1v) is 6.78. The number of rotatable bonds is 6. The summed E-state index contributed by atoms with van der Waals surface area (Å²) in [5.41, 5.74) is 0. The Morgan fingerprint density at radius 2 is 2.42 bits per heavy atom. The maximum absolute atomic E-state index is 12.0. The van der Waals surface area contributed by atoms with E-state index in [0.29, 0.717) is 19.5 Å². The first-order valence-electron chi connectivity index (χ1n) is 6.78. The van der Waals surface area contributed by atoms with E-state index >= 15 is 0 Å². The van der Waals surface area contributed by atoms with E-state index in [9.17, 15) is 9.59 Å². The van der Waals surface area contributed by atoms with Gasteiger partial charge in [-0.15, -0.1) is 0 Å². The molecule has 0 radical (unpaired) electrons. The van der Waals surface area contributed by atoms with Crippen molar-refractivity contribution in [3.05, 3.63) is 24.2 Å². The number of nitrogens with one attached hydrogen (secondary N) is 1. The Balaban J connectivity index is 1.79. The molecule has 1 aliphatic rings. The van der Waals surface area contributed by atoms with Crippen LogP contribution in [-0.4, -0.2) is 29.8 Å². The van der Waals surface area contributed by atoms with Gasteiger partial charge in [0.25, 0.3) is 0 Å². The maximum atomic E-state index is 12.0. The van der Waals surface area contributed by atoms with Crippen molar-refractivity contribution in [3.8, 4) is 0 Å². The molecule has 1 aromatic rings. The van der Waals surface area contributed by atoms with E-state index in [4.69, 9.17) is 4.42 Å². The molecule has 2 heterocycles. The van der Waals surface area contributed by atoms with Gasteiger partial charge in [0.05, 0.1) is 18.7 Å². The fourth-order valence-electron chi connectivity index (χ4n) is 2.24. The summed E-state index contributed by atoms with van der Waals surface area (Å²) in [5, 5.41) is 2.81. The Morgan fingerprint density at radius 1 is 1.58 bits per heavy atom. The number of furan rings is 1. The molecule has 5 heteroatoms. The van der Waals surface area contributed by atoms with Crippen LogP contribution < -0.4 is 5.32 Å². The lowest BCUT2D eigenvalue weighted by Gasteiger charge is -2.15. The number of likely N-dealkylation sites (tertiary alicyclic amines) is 1. The summed E-state index contributed by atoms with van der Waals surface area (Å²) in [6.45, 7) is 3.78. The molecule has 0 aliphatic carbocycles. The SMILES string of the molecule is CCCCN1C[C@@H](C(=O)NCc2ccco2)CC1=O. The predicted molar refractivity (Wildman–Crippen MR) is 70.1 cm³/mol. The number of hydrogen-bond donors (Lipinski definition) is 1. The lowest BCUT2D eigenvalue weighted by Crippen LogP contribution is -2.32. The van der Waals surface area contributed by atoms with E-state index in [1.165, 1.54) is 0 Å². The Bertz CT molecular complexity index is 428. The number of amides is 2. The number of carbonyl (C=O) groups excluding carboxylic acids is 2. The van der Waals surface area contributed by atoms with Crippen molar-refractivity contribution in [1.29, 1.82) is 0 Å². The van der Waals surface area contributed by atoms with Gasteiger partial charge in [0.2, 0.25) is 11.8 Å². The number of unbranched alkanes of at least 4 members (excludes halogenated alkanes) is 1. The summed E-state index contributed by atoms with van der Waals surface area (Å²) < 4.78 is 5.15. The monoisotopic (exact) mass is 264 g/mol. The molecule has 0 spiro atoms. The quantitative estimate of drug-likeness (QED) is 0.847. The van der Waals surface area contributed by atoms with Crippen LogP contribution in [0.3, 0.4) is 0 Å². The number of carbonyl (C=O) groups is 2. The van der Waals surface area contributed by atoms with Crippen LogP contribution in [0.2, 0.25) is 0 Å². The van der Waals surface area contributed by atoms with Crippen LogP contribution in [0.15, 0.2) is 22.8 Å². The van der Waals surface area contributed by atoms with Crippen LogP contribution >= 0.6 is 0 Å². The first kappa shape index (κ1) is 13.6. The molecule has 0 saturated carbocycles. The molecule has 1 aliphatic heterocycles. The smallest absolute Gasteiger partial charge is 0.225 e. The molecular weight excluding hydrogens is 244 g/mol. The van der Waals surface area contributed by atoms with Crippen LogP contribution in [0.5, 0.6) is 0 Å². The van der Waals surface area contributed by atoms with Crippen molar-refractivity contribution in [2.24, 2.45) is 5.92 Å². The highest BCUT2D eigenvalue weighted by Crippen LogP contribution is 2.18. The van der Waals surface area contributed by atoms with Gasteiger partial charge in [-0.25, -0.2) is 0 Å².